The molecule has 3 rings (SSSR count). The first-order valence-electron chi connectivity index (χ1n) is 7.50. The Morgan fingerprint density at radius 1 is 0.826 bits per heavy atom. The summed E-state index contributed by atoms with van der Waals surface area (Å²) in [5, 5.41) is 9.59. The van der Waals surface area contributed by atoms with Crippen LogP contribution in [-0.4, -0.2) is 21.4 Å². The fourth-order valence-electron chi connectivity index (χ4n) is 2.43. The summed E-state index contributed by atoms with van der Waals surface area (Å²) in [6.07, 6.45) is 2.04. The third-order valence-corrected chi connectivity index (χ3v) is 5.36. The lowest BCUT2D eigenvalue weighted by atomic mass is 10.1. The second kappa shape index (κ2) is 8.24. The van der Waals surface area contributed by atoms with Crippen LogP contribution in [0.25, 0.3) is 0 Å². The summed E-state index contributed by atoms with van der Waals surface area (Å²) in [6, 6.07) is 21.2. The van der Waals surface area contributed by atoms with E-state index in [-0.39, 0.29) is 0 Å². The van der Waals surface area contributed by atoms with E-state index in [9.17, 15) is 0 Å². The van der Waals surface area contributed by atoms with Crippen molar-refractivity contribution < 1.29 is 0 Å². The van der Waals surface area contributed by atoms with Crippen molar-refractivity contribution in [3.05, 3.63) is 76.8 Å². The molecule has 0 amide bonds. The van der Waals surface area contributed by atoms with Gasteiger partial charge in [0.25, 0.3) is 0 Å². The molecular weight excluding hydrogens is 322 g/mol. The largest absolute Gasteiger partial charge is 0.288 e. The van der Waals surface area contributed by atoms with Crippen molar-refractivity contribution in [2.75, 3.05) is 6.26 Å². The van der Waals surface area contributed by atoms with Crippen molar-refractivity contribution in [2.45, 2.75) is 24.0 Å². The summed E-state index contributed by atoms with van der Waals surface area (Å²) in [7, 11) is 0. The van der Waals surface area contributed by atoms with Gasteiger partial charge in [-0.25, -0.2) is 0 Å². The van der Waals surface area contributed by atoms with Crippen LogP contribution in [0.15, 0.2) is 65.0 Å². The van der Waals surface area contributed by atoms with E-state index in [0.29, 0.717) is 0 Å². The summed E-state index contributed by atoms with van der Waals surface area (Å²) >= 11 is 3.33. The number of benzene rings is 2. The molecule has 2 aromatic carbocycles. The molecule has 0 unspecified atom stereocenters. The second-order valence-electron chi connectivity index (χ2n) is 5.28. The van der Waals surface area contributed by atoms with Gasteiger partial charge in [-0.15, -0.1) is 10.2 Å². The van der Waals surface area contributed by atoms with Crippen LogP contribution >= 0.6 is 23.1 Å². The zero-order chi connectivity index (χ0) is 15.9. The lowest BCUT2D eigenvalue weighted by molar-refractivity contribution is 0.247. The Labute approximate surface area is 145 Å². The van der Waals surface area contributed by atoms with Crippen molar-refractivity contribution in [1.29, 1.82) is 0 Å². The van der Waals surface area contributed by atoms with Gasteiger partial charge in [0.2, 0.25) is 0 Å². The molecule has 5 heteroatoms. The Hall–Kier alpha value is -1.69. The van der Waals surface area contributed by atoms with Crippen molar-refractivity contribution in [2.24, 2.45) is 0 Å². The van der Waals surface area contributed by atoms with Gasteiger partial charge in [0.05, 0.1) is 6.54 Å². The quantitative estimate of drug-likeness (QED) is 0.593. The number of aromatic nitrogens is 2. The minimum Gasteiger partial charge on any atom is -0.288 e. The summed E-state index contributed by atoms with van der Waals surface area (Å²) in [6.45, 7) is 2.63. The summed E-state index contributed by atoms with van der Waals surface area (Å²) in [5.74, 6) is 0. The highest BCUT2D eigenvalue weighted by Gasteiger charge is 2.11. The molecule has 1 heterocycles. The number of rotatable bonds is 7. The Morgan fingerprint density at radius 3 is 1.87 bits per heavy atom. The molecule has 0 radical (unpaired) electrons. The predicted octanol–water partition coefficient (Wildman–Crippen LogP) is 4.46. The molecule has 3 aromatic rings. The molecular formula is C18H19N3S2. The van der Waals surface area contributed by atoms with Crippen molar-refractivity contribution in [3.63, 3.8) is 0 Å². The zero-order valence-corrected chi connectivity index (χ0v) is 14.7. The van der Waals surface area contributed by atoms with Crippen LogP contribution < -0.4 is 0 Å². The van der Waals surface area contributed by atoms with Gasteiger partial charge in [-0.1, -0.05) is 83.8 Å². The Kier molecular flexibility index (Phi) is 5.80. The molecule has 0 N–H and O–H groups in total. The van der Waals surface area contributed by atoms with Gasteiger partial charge in [0, 0.05) is 13.1 Å². The van der Waals surface area contributed by atoms with Crippen LogP contribution in [0.5, 0.6) is 0 Å². The average Bonchev–Trinajstić information content (AvgIpc) is 3.04. The van der Waals surface area contributed by atoms with Crippen LogP contribution in [0.1, 0.15) is 16.1 Å². The monoisotopic (exact) mass is 341 g/mol. The molecule has 0 spiro atoms. The van der Waals surface area contributed by atoms with Gasteiger partial charge in [0.15, 0.2) is 4.34 Å². The zero-order valence-electron chi connectivity index (χ0n) is 13.1. The molecule has 0 saturated carbocycles. The van der Waals surface area contributed by atoms with Gasteiger partial charge in [-0.2, -0.15) is 0 Å². The summed E-state index contributed by atoms with van der Waals surface area (Å²) < 4.78 is 1.03. The molecule has 0 saturated heterocycles. The first-order chi connectivity index (χ1) is 11.3. The minimum atomic E-state index is 0.821. The Balaban J connectivity index is 1.74. The normalized spacial score (nSPS) is 11.0. The summed E-state index contributed by atoms with van der Waals surface area (Å²) in [4.78, 5) is 2.41. The number of thioether (sulfide) groups is 1. The van der Waals surface area contributed by atoms with E-state index in [0.717, 1.165) is 29.0 Å². The smallest absolute Gasteiger partial charge is 0.174 e. The number of hydrogen-bond donors (Lipinski definition) is 0. The van der Waals surface area contributed by atoms with Gasteiger partial charge in [-0.3, -0.25) is 4.90 Å². The number of hydrogen-bond acceptors (Lipinski definition) is 5. The van der Waals surface area contributed by atoms with Gasteiger partial charge in [-0.05, 0) is 17.4 Å². The average molecular weight is 342 g/mol. The molecule has 0 aliphatic rings. The number of nitrogens with zero attached hydrogens (tertiary/aromatic N) is 3. The maximum Gasteiger partial charge on any atom is 0.174 e. The topological polar surface area (TPSA) is 29.0 Å². The fraction of sp³-hybridized carbons (Fsp3) is 0.222. The van der Waals surface area contributed by atoms with Crippen molar-refractivity contribution >= 4 is 23.1 Å². The van der Waals surface area contributed by atoms with E-state index in [2.05, 4.69) is 75.8 Å². The fourth-order valence-corrected chi connectivity index (χ4v) is 3.78. The Bertz CT molecular complexity index is 672. The molecule has 0 aliphatic carbocycles. The van der Waals surface area contributed by atoms with Gasteiger partial charge >= 0.3 is 0 Å². The summed E-state index contributed by atoms with van der Waals surface area (Å²) in [5.41, 5.74) is 2.64. The molecule has 23 heavy (non-hydrogen) atoms. The van der Waals surface area contributed by atoms with Crippen LogP contribution in [-0.2, 0) is 19.6 Å². The van der Waals surface area contributed by atoms with Crippen molar-refractivity contribution in [3.8, 4) is 0 Å². The van der Waals surface area contributed by atoms with Crippen LogP contribution in [0.4, 0.5) is 0 Å². The molecule has 118 valence electrons. The van der Waals surface area contributed by atoms with E-state index < -0.39 is 0 Å². The van der Waals surface area contributed by atoms with Crippen LogP contribution in [0.3, 0.4) is 0 Å². The lowest BCUT2D eigenvalue weighted by Crippen LogP contribution is -2.22. The molecule has 3 nitrogen and oxygen atoms in total. The third kappa shape index (κ3) is 4.89. The lowest BCUT2D eigenvalue weighted by Gasteiger charge is -2.21. The third-order valence-electron chi connectivity index (χ3n) is 3.48. The highest BCUT2D eigenvalue weighted by atomic mass is 32.2. The van der Waals surface area contributed by atoms with E-state index >= 15 is 0 Å². The van der Waals surface area contributed by atoms with E-state index in [1.807, 2.05) is 6.26 Å². The maximum atomic E-state index is 4.32. The molecule has 1 aromatic heterocycles. The second-order valence-corrected chi connectivity index (χ2v) is 7.40. The molecule has 0 atom stereocenters. The first kappa shape index (κ1) is 16.2. The molecule has 0 aliphatic heterocycles. The van der Waals surface area contributed by atoms with Gasteiger partial charge in [0.1, 0.15) is 5.01 Å². The first-order valence-corrected chi connectivity index (χ1v) is 9.54. The molecule has 0 fully saturated rings. The van der Waals surface area contributed by atoms with E-state index in [1.165, 1.54) is 11.1 Å². The maximum absolute atomic E-state index is 4.32. The van der Waals surface area contributed by atoms with E-state index in [4.69, 9.17) is 0 Å². The van der Waals surface area contributed by atoms with Crippen LogP contribution in [0.2, 0.25) is 0 Å². The Morgan fingerprint density at radius 2 is 1.39 bits per heavy atom. The standard InChI is InChI=1S/C18H19N3S2/c1-22-18-20-19-17(23-18)14-21(12-15-8-4-2-5-9-15)13-16-10-6-3-7-11-16/h2-11H,12-14H2,1H3. The van der Waals surface area contributed by atoms with Gasteiger partial charge < -0.3 is 0 Å². The van der Waals surface area contributed by atoms with E-state index in [1.54, 1.807) is 23.1 Å². The van der Waals surface area contributed by atoms with Crippen molar-refractivity contribution in [1.82, 2.24) is 15.1 Å². The minimum absolute atomic E-state index is 0.821. The molecule has 0 bridgehead atoms. The van der Waals surface area contributed by atoms with Crippen LogP contribution in [0, 0.1) is 0 Å². The SMILES string of the molecule is CSc1nnc(CN(Cc2ccccc2)Cc2ccccc2)s1. The predicted molar refractivity (Wildman–Crippen MR) is 97.5 cm³/mol. The highest BCUT2D eigenvalue weighted by Crippen LogP contribution is 2.22. The highest BCUT2D eigenvalue weighted by molar-refractivity contribution is 8.00.